The number of rotatable bonds is 4. The second kappa shape index (κ2) is 6.17. The SMILES string of the molecule is COCc1ccccc1NC(=O)C1(C)CCNCC1. The van der Waals surface area contributed by atoms with Crippen LogP contribution in [0.2, 0.25) is 0 Å². The number of benzene rings is 1. The van der Waals surface area contributed by atoms with Gasteiger partial charge in [-0.05, 0) is 32.0 Å². The molecule has 1 fully saturated rings. The van der Waals surface area contributed by atoms with Crippen LogP contribution in [0.15, 0.2) is 24.3 Å². The molecule has 19 heavy (non-hydrogen) atoms. The summed E-state index contributed by atoms with van der Waals surface area (Å²) in [5, 5.41) is 6.35. The molecule has 0 aliphatic carbocycles. The number of nitrogens with one attached hydrogen (secondary N) is 2. The number of anilines is 1. The molecule has 0 radical (unpaired) electrons. The lowest BCUT2D eigenvalue weighted by molar-refractivity contribution is -0.126. The first-order valence-electron chi connectivity index (χ1n) is 6.75. The maximum absolute atomic E-state index is 12.5. The van der Waals surface area contributed by atoms with Gasteiger partial charge in [-0.25, -0.2) is 0 Å². The van der Waals surface area contributed by atoms with Crippen LogP contribution < -0.4 is 10.6 Å². The van der Waals surface area contributed by atoms with E-state index >= 15 is 0 Å². The van der Waals surface area contributed by atoms with Crippen molar-refractivity contribution in [3.63, 3.8) is 0 Å². The van der Waals surface area contributed by atoms with E-state index in [4.69, 9.17) is 4.74 Å². The van der Waals surface area contributed by atoms with Crippen molar-refractivity contribution in [2.75, 3.05) is 25.5 Å². The van der Waals surface area contributed by atoms with E-state index in [2.05, 4.69) is 10.6 Å². The number of hydrogen-bond acceptors (Lipinski definition) is 3. The summed E-state index contributed by atoms with van der Waals surface area (Å²) in [6, 6.07) is 7.79. The molecule has 2 N–H and O–H groups in total. The average molecular weight is 262 g/mol. The van der Waals surface area contributed by atoms with E-state index in [1.165, 1.54) is 0 Å². The van der Waals surface area contributed by atoms with Gasteiger partial charge in [0.2, 0.25) is 5.91 Å². The number of methoxy groups -OCH3 is 1. The van der Waals surface area contributed by atoms with E-state index in [-0.39, 0.29) is 11.3 Å². The Morgan fingerprint density at radius 3 is 2.74 bits per heavy atom. The second-order valence-electron chi connectivity index (χ2n) is 5.35. The van der Waals surface area contributed by atoms with Crippen LogP contribution in [-0.2, 0) is 16.1 Å². The van der Waals surface area contributed by atoms with E-state index in [0.717, 1.165) is 37.2 Å². The molecule has 0 aromatic heterocycles. The Kier molecular flexibility index (Phi) is 4.56. The summed E-state index contributed by atoms with van der Waals surface area (Å²) in [4.78, 5) is 12.5. The molecule has 0 bridgehead atoms. The van der Waals surface area contributed by atoms with Crippen molar-refractivity contribution in [3.8, 4) is 0 Å². The zero-order chi connectivity index (χ0) is 13.7. The lowest BCUT2D eigenvalue weighted by atomic mass is 9.80. The Bertz CT molecular complexity index is 440. The minimum absolute atomic E-state index is 0.109. The van der Waals surface area contributed by atoms with Crippen molar-refractivity contribution >= 4 is 11.6 Å². The average Bonchev–Trinajstić information content (AvgIpc) is 2.42. The van der Waals surface area contributed by atoms with Crippen molar-refractivity contribution in [1.29, 1.82) is 0 Å². The van der Waals surface area contributed by atoms with Crippen LogP contribution in [-0.4, -0.2) is 26.1 Å². The fourth-order valence-corrected chi connectivity index (χ4v) is 2.40. The predicted molar refractivity (Wildman–Crippen MR) is 76.0 cm³/mol. The van der Waals surface area contributed by atoms with Crippen LogP contribution in [0.4, 0.5) is 5.69 Å². The zero-order valence-electron chi connectivity index (χ0n) is 11.7. The maximum Gasteiger partial charge on any atom is 0.230 e. The highest BCUT2D eigenvalue weighted by atomic mass is 16.5. The van der Waals surface area contributed by atoms with Gasteiger partial charge >= 0.3 is 0 Å². The van der Waals surface area contributed by atoms with Crippen LogP contribution in [0.25, 0.3) is 0 Å². The Morgan fingerprint density at radius 2 is 2.05 bits per heavy atom. The van der Waals surface area contributed by atoms with Crippen LogP contribution >= 0.6 is 0 Å². The van der Waals surface area contributed by atoms with E-state index in [9.17, 15) is 4.79 Å². The Balaban J connectivity index is 2.10. The number of piperidine rings is 1. The van der Waals surface area contributed by atoms with E-state index in [0.29, 0.717) is 6.61 Å². The summed E-state index contributed by atoms with van der Waals surface area (Å²) in [6.45, 7) is 4.37. The maximum atomic E-state index is 12.5. The fraction of sp³-hybridized carbons (Fsp3) is 0.533. The third-order valence-corrected chi connectivity index (χ3v) is 3.82. The molecule has 104 valence electrons. The first kappa shape index (κ1) is 14.0. The van der Waals surface area contributed by atoms with Crippen LogP contribution in [0.5, 0.6) is 0 Å². The molecule has 1 heterocycles. The van der Waals surface area contributed by atoms with Crippen LogP contribution in [0.3, 0.4) is 0 Å². The summed E-state index contributed by atoms with van der Waals surface area (Å²) in [5.74, 6) is 0.109. The molecule has 4 heteroatoms. The summed E-state index contributed by atoms with van der Waals surface area (Å²) in [7, 11) is 1.66. The van der Waals surface area contributed by atoms with E-state index in [1.807, 2.05) is 31.2 Å². The summed E-state index contributed by atoms with van der Waals surface area (Å²) >= 11 is 0. The van der Waals surface area contributed by atoms with Gasteiger partial charge in [0.1, 0.15) is 0 Å². The highest BCUT2D eigenvalue weighted by Crippen LogP contribution is 2.30. The standard InChI is InChI=1S/C15H22N2O2/c1-15(7-9-16-10-8-15)14(18)17-13-6-4-3-5-12(13)11-19-2/h3-6,16H,7-11H2,1-2H3,(H,17,18). The fourth-order valence-electron chi connectivity index (χ4n) is 2.40. The summed E-state index contributed by atoms with van der Waals surface area (Å²) < 4.78 is 5.16. The number of carbonyl (C=O) groups excluding carboxylic acids is 1. The third-order valence-electron chi connectivity index (χ3n) is 3.82. The van der Waals surface area contributed by atoms with Crippen molar-refractivity contribution in [3.05, 3.63) is 29.8 Å². The Hall–Kier alpha value is -1.39. The lowest BCUT2D eigenvalue weighted by Crippen LogP contribution is -2.42. The first-order chi connectivity index (χ1) is 9.15. The number of para-hydroxylation sites is 1. The molecule has 1 amide bonds. The van der Waals surface area contributed by atoms with Crippen molar-refractivity contribution in [2.24, 2.45) is 5.41 Å². The van der Waals surface area contributed by atoms with Gasteiger partial charge in [0.15, 0.2) is 0 Å². The lowest BCUT2D eigenvalue weighted by Gasteiger charge is -2.32. The van der Waals surface area contributed by atoms with Gasteiger partial charge in [-0.1, -0.05) is 25.1 Å². The Labute approximate surface area is 114 Å². The van der Waals surface area contributed by atoms with Crippen molar-refractivity contribution in [2.45, 2.75) is 26.4 Å². The number of amides is 1. The van der Waals surface area contributed by atoms with E-state index < -0.39 is 0 Å². The van der Waals surface area contributed by atoms with Gasteiger partial charge in [0, 0.05) is 23.8 Å². The van der Waals surface area contributed by atoms with Gasteiger partial charge in [-0.2, -0.15) is 0 Å². The quantitative estimate of drug-likeness (QED) is 0.874. The molecule has 0 saturated carbocycles. The number of hydrogen-bond donors (Lipinski definition) is 2. The molecule has 0 spiro atoms. The topological polar surface area (TPSA) is 50.4 Å². The van der Waals surface area contributed by atoms with Gasteiger partial charge in [-0.15, -0.1) is 0 Å². The highest BCUT2D eigenvalue weighted by molar-refractivity contribution is 5.95. The molecule has 1 aliphatic heterocycles. The molecule has 0 atom stereocenters. The van der Waals surface area contributed by atoms with E-state index in [1.54, 1.807) is 7.11 Å². The monoisotopic (exact) mass is 262 g/mol. The summed E-state index contributed by atoms with van der Waals surface area (Å²) in [5.41, 5.74) is 1.59. The van der Waals surface area contributed by atoms with Crippen LogP contribution in [0, 0.1) is 5.41 Å². The molecule has 4 nitrogen and oxygen atoms in total. The first-order valence-corrected chi connectivity index (χ1v) is 6.75. The molecule has 1 aliphatic rings. The van der Waals surface area contributed by atoms with Gasteiger partial charge in [0.25, 0.3) is 0 Å². The molecule has 0 unspecified atom stereocenters. The van der Waals surface area contributed by atoms with Gasteiger partial charge < -0.3 is 15.4 Å². The molecule has 1 aromatic carbocycles. The molecular weight excluding hydrogens is 240 g/mol. The normalized spacial score (nSPS) is 18.0. The molecule has 1 aromatic rings. The molecular formula is C15H22N2O2. The largest absolute Gasteiger partial charge is 0.380 e. The minimum atomic E-state index is -0.272. The summed E-state index contributed by atoms with van der Waals surface area (Å²) in [6.07, 6.45) is 1.76. The minimum Gasteiger partial charge on any atom is -0.380 e. The third kappa shape index (κ3) is 3.33. The van der Waals surface area contributed by atoms with Gasteiger partial charge in [0.05, 0.1) is 6.61 Å². The number of carbonyl (C=O) groups is 1. The smallest absolute Gasteiger partial charge is 0.230 e. The Morgan fingerprint density at radius 1 is 1.37 bits per heavy atom. The van der Waals surface area contributed by atoms with Crippen LogP contribution in [0.1, 0.15) is 25.3 Å². The second-order valence-corrected chi connectivity index (χ2v) is 5.35. The highest BCUT2D eigenvalue weighted by Gasteiger charge is 2.34. The molecule has 2 rings (SSSR count). The van der Waals surface area contributed by atoms with Crippen molar-refractivity contribution in [1.82, 2.24) is 5.32 Å². The zero-order valence-corrected chi connectivity index (χ0v) is 11.7. The number of ether oxygens (including phenoxy) is 1. The predicted octanol–water partition coefficient (Wildman–Crippen LogP) is 2.16. The van der Waals surface area contributed by atoms with Gasteiger partial charge in [-0.3, -0.25) is 4.79 Å². The van der Waals surface area contributed by atoms with Crippen molar-refractivity contribution < 1.29 is 9.53 Å². The molecule has 1 saturated heterocycles.